The predicted molar refractivity (Wildman–Crippen MR) is 159 cm³/mol. The van der Waals surface area contributed by atoms with Gasteiger partial charge in [0.05, 0.1) is 30.3 Å². The van der Waals surface area contributed by atoms with E-state index in [0.29, 0.717) is 50.4 Å². The lowest BCUT2D eigenvalue weighted by Crippen LogP contribution is -2.20. The van der Waals surface area contributed by atoms with Gasteiger partial charge >= 0.3 is 5.97 Å². The number of aromatic nitrogens is 2. The third-order valence-corrected chi connectivity index (χ3v) is 6.96. The number of hydrogen-bond donors (Lipinski definition) is 0. The second-order valence-corrected chi connectivity index (χ2v) is 10.2. The zero-order chi connectivity index (χ0) is 28.2. The number of esters is 1. The maximum Gasteiger partial charge on any atom is 0.344 e. The van der Waals surface area contributed by atoms with Crippen LogP contribution in [0, 0.1) is 0 Å². The van der Waals surface area contributed by atoms with Crippen molar-refractivity contribution in [1.82, 2.24) is 9.66 Å². The second-order valence-electron chi connectivity index (χ2n) is 8.45. The minimum Gasteiger partial charge on any atom is -0.490 e. The molecular formula is C29H23Br2N3O6. The summed E-state index contributed by atoms with van der Waals surface area (Å²) in [4.78, 5) is 30.1. The summed E-state index contributed by atoms with van der Waals surface area (Å²) in [7, 11) is 0. The highest BCUT2D eigenvalue weighted by atomic mass is 79.9. The molecule has 204 valence electrons. The Hall–Kier alpha value is -3.96. The van der Waals surface area contributed by atoms with Gasteiger partial charge < -0.3 is 18.6 Å². The number of halogens is 2. The molecule has 5 rings (SSSR count). The van der Waals surface area contributed by atoms with Crippen LogP contribution in [0.2, 0.25) is 0 Å². The van der Waals surface area contributed by atoms with Crippen molar-refractivity contribution in [1.29, 1.82) is 0 Å². The Morgan fingerprint density at radius 1 is 1.02 bits per heavy atom. The van der Waals surface area contributed by atoms with Crippen LogP contribution in [-0.4, -0.2) is 41.7 Å². The van der Waals surface area contributed by atoms with Crippen LogP contribution in [0.5, 0.6) is 11.5 Å². The molecule has 0 aliphatic heterocycles. The van der Waals surface area contributed by atoms with Gasteiger partial charge in [0.15, 0.2) is 23.9 Å². The fraction of sp³-hybridized carbons (Fsp3) is 0.172. The van der Waals surface area contributed by atoms with Gasteiger partial charge in [-0.1, -0.05) is 28.1 Å². The van der Waals surface area contributed by atoms with E-state index in [9.17, 15) is 9.59 Å². The van der Waals surface area contributed by atoms with E-state index in [1.807, 2.05) is 37.3 Å². The van der Waals surface area contributed by atoms with E-state index in [4.69, 9.17) is 23.6 Å². The van der Waals surface area contributed by atoms with Crippen molar-refractivity contribution in [3.8, 4) is 23.1 Å². The summed E-state index contributed by atoms with van der Waals surface area (Å²) < 4.78 is 25.1. The molecule has 0 N–H and O–H groups in total. The van der Waals surface area contributed by atoms with E-state index in [-0.39, 0.29) is 24.6 Å². The Kier molecular flexibility index (Phi) is 8.32. The summed E-state index contributed by atoms with van der Waals surface area (Å²) in [6.45, 7) is 3.93. The Morgan fingerprint density at radius 2 is 1.82 bits per heavy atom. The molecule has 0 amide bonds. The molecule has 11 heteroatoms. The Labute approximate surface area is 245 Å². The number of ether oxygens (including phenoxy) is 3. The van der Waals surface area contributed by atoms with Gasteiger partial charge in [0.25, 0.3) is 5.56 Å². The number of benzene rings is 3. The maximum absolute atomic E-state index is 13.6. The fourth-order valence-electron chi connectivity index (χ4n) is 4.00. The van der Waals surface area contributed by atoms with Crippen LogP contribution in [0.15, 0.2) is 83.9 Å². The van der Waals surface area contributed by atoms with E-state index in [0.717, 1.165) is 9.86 Å². The summed E-state index contributed by atoms with van der Waals surface area (Å²) >= 11 is 7.00. The number of carbonyl (C=O) groups is 1. The van der Waals surface area contributed by atoms with Crippen LogP contribution in [0.4, 0.5) is 0 Å². The summed E-state index contributed by atoms with van der Waals surface area (Å²) in [5.74, 6) is 0.925. The third kappa shape index (κ3) is 5.80. The number of nitrogens with zero attached hydrogens (tertiary/aromatic N) is 3. The molecule has 0 bridgehead atoms. The Bertz CT molecular complexity index is 1810. The van der Waals surface area contributed by atoms with Crippen LogP contribution in [0.3, 0.4) is 0 Å². The monoisotopic (exact) mass is 667 g/mol. The van der Waals surface area contributed by atoms with Crippen molar-refractivity contribution < 1.29 is 23.4 Å². The highest BCUT2D eigenvalue weighted by Gasteiger charge is 2.17. The third-order valence-electron chi connectivity index (χ3n) is 5.78. The largest absolute Gasteiger partial charge is 0.490 e. The molecule has 40 heavy (non-hydrogen) atoms. The average Bonchev–Trinajstić information content (AvgIpc) is 3.36. The van der Waals surface area contributed by atoms with E-state index in [2.05, 4.69) is 37.0 Å². The molecule has 0 radical (unpaired) electrons. The van der Waals surface area contributed by atoms with Crippen molar-refractivity contribution in [2.45, 2.75) is 13.8 Å². The minimum atomic E-state index is -0.486. The standard InChI is InChI=1S/C29H23Br2N3O6/c1-3-37-24-13-18(21(31)14-25(24)39-16-27(35)38-4-2)15-32-34-28(33-22-8-6-5-7-20(22)29(34)36)26-12-17-11-19(30)9-10-23(17)40-26/h5-15H,3-4,16H2,1-2H3. The van der Waals surface area contributed by atoms with Crippen LogP contribution < -0.4 is 15.0 Å². The highest BCUT2D eigenvalue weighted by molar-refractivity contribution is 9.10. The van der Waals surface area contributed by atoms with E-state index >= 15 is 0 Å². The Balaban J connectivity index is 1.59. The lowest BCUT2D eigenvalue weighted by molar-refractivity contribution is -0.145. The first-order valence-corrected chi connectivity index (χ1v) is 14.0. The molecule has 0 atom stereocenters. The summed E-state index contributed by atoms with van der Waals surface area (Å²) in [5, 5.41) is 5.79. The molecule has 0 fully saturated rings. The van der Waals surface area contributed by atoms with Crippen LogP contribution in [-0.2, 0) is 9.53 Å². The van der Waals surface area contributed by atoms with E-state index in [1.54, 1.807) is 37.3 Å². The molecule has 0 saturated carbocycles. The van der Waals surface area contributed by atoms with Gasteiger partial charge in [-0.3, -0.25) is 4.79 Å². The molecule has 0 aliphatic carbocycles. The first kappa shape index (κ1) is 27.6. The summed E-state index contributed by atoms with van der Waals surface area (Å²) in [5.41, 5.74) is 1.43. The molecule has 0 saturated heterocycles. The number of furan rings is 1. The van der Waals surface area contributed by atoms with Gasteiger partial charge in [-0.05, 0) is 78.3 Å². The molecular weight excluding hydrogens is 646 g/mol. The fourth-order valence-corrected chi connectivity index (χ4v) is 4.81. The average molecular weight is 669 g/mol. The molecule has 2 aromatic heterocycles. The topological polar surface area (TPSA) is 105 Å². The zero-order valence-corrected chi connectivity index (χ0v) is 24.7. The Morgan fingerprint density at radius 3 is 2.62 bits per heavy atom. The van der Waals surface area contributed by atoms with Gasteiger partial charge in [0.1, 0.15) is 5.58 Å². The molecule has 0 unspecified atom stereocenters. The second kappa shape index (κ2) is 12.1. The highest BCUT2D eigenvalue weighted by Crippen LogP contribution is 2.34. The van der Waals surface area contributed by atoms with Crippen molar-refractivity contribution in [3.63, 3.8) is 0 Å². The number of hydrogen-bond acceptors (Lipinski definition) is 8. The summed E-state index contributed by atoms with van der Waals surface area (Å²) in [6.07, 6.45) is 1.52. The SMILES string of the molecule is CCOC(=O)COc1cc(Br)c(C=Nn2c(-c3cc4cc(Br)ccc4o3)nc3ccccc3c2=O)cc1OCC. The van der Waals surface area contributed by atoms with Crippen LogP contribution in [0.1, 0.15) is 19.4 Å². The van der Waals surface area contributed by atoms with Gasteiger partial charge in [-0.2, -0.15) is 9.78 Å². The maximum atomic E-state index is 13.6. The molecule has 2 heterocycles. The lowest BCUT2D eigenvalue weighted by atomic mass is 10.2. The van der Waals surface area contributed by atoms with Gasteiger partial charge in [0.2, 0.25) is 5.82 Å². The molecule has 0 aliphatic rings. The predicted octanol–water partition coefficient (Wildman–Crippen LogP) is 6.56. The first-order valence-electron chi connectivity index (χ1n) is 12.4. The van der Waals surface area contributed by atoms with Crippen molar-refractivity contribution >= 4 is 65.9 Å². The number of fused-ring (bicyclic) bond motifs is 2. The summed E-state index contributed by atoms with van der Waals surface area (Å²) in [6, 6.07) is 17.9. The molecule has 5 aromatic rings. The normalized spacial score (nSPS) is 11.4. The van der Waals surface area contributed by atoms with E-state index < -0.39 is 5.97 Å². The lowest BCUT2D eigenvalue weighted by Gasteiger charge is -2.13. The molecule has 0 spiro atoms. The first-order chi connectivity index (χ1) is 19.4. The quantitative estimate of drug-likeness (QED) is 0.129. The van der Waals surface area contributed by atoms with Crippen molar-refractivity contribution in [2.75, 3.05) is 19.8 Å². The minimum absolute atomic E-state index is 0.253. The zero-order valence-electron chi connectivity index (χ0n) is 21.5. The van der Waals surface area contributed by atoms with Crippen LogP contribution in [0.25, 0.3) is 33.5 Å². The smallest absolute Gasteiger partial charge is 0.344 e. The number of para-hydroxylation sites is 1. The number of carbonyl (C=O) groups excluding carboxylic acids is 1. The van der Waals surface area contributed by atoms with Gasteiger partial charge in [-0.15, -0.1) is 0 Å². The van der Waals surface area contributed by atoms with Crippen molar-refractivity contribution in [3.05, 3.63) is 85.5 Å². The van der Waals surface area contributed by atoms with Gasteiger partial charge in [-0.25, -0.2) is 9.78 Å². The number of rotatable bonds is 9. The molecule has 9 nitrogen and oxygen atoms in total. The molecule has 3 aromatic carbocycles. The van der Waals surface area contributed by atoms with Gasteiger partial charge in [0, 0.05) is 19.9 Å². The van der Waals surface area contributed by atoms with Crippen molar-refractivity contribution in [2.24, 2.45) is 5.10 Å². The van der Waals surface area contributed by atoms with E-state index in [1.165, 1.54) is 10.9 Å². The van der Waals surface area contributed by atoms with Crippen LogP contribution >= 0.6 is 31.9 Å².